The summed E-state index contributed by atoms with van der Waals surface area (Å²) < 4.78 is 16.5. The fourth-order valence-electron chi connectivity index (χ4n) is 2.34. The van der Waals surface area contributed by atoms with Gasteiger partial charge in [0.25, 0.3) is 5.91 Å². The lowest BCUT2D eigenvalue weighted by molar-refractivity contribution is -0.136. The second-order valence-corrected chi connectivity index (χ2v) is 5.81. The Bertz CT molecular complexity index is 684. The van der Waals surface area contributed by atoms with Gasteiger partial charge in [0, 0.05) is 7.05 Å². The first-order valence-corrected chi connectivity index (χ1v) is 8.25. The molecule has 0 heterocycles. The van der Waals surface area contributed by atoms with Crippen LogP contribution in [0.25, 0.3) is 0 Å². The Labute approximate surface area is 149 Å². The van der Waals surface area contributed by atoms with Gasteiger partial charge in [-0.2, -0.15) is 0 Å². The minimum absolute atomic E-state index is 0.0933. The van der Waals surface area contributed by atoms with Crippen LogP contribution in [0.3, 0.4) is 0 Å². The molecule has 134 valence electrons. The van der Waals surface area contributed by atoms with Gasteiger partial charge in [-0.25, -0.2) is 0 Å². The lowest BCUT2D eigenvalue weighted by Crippen LogP contribution is -2.39. The van der Waals surface area contributed by atoms with Gasteiger partial charge >= 0.3 is 0 Å². The van der Waals surface area contributed by atoms with E-state index in [2.05, 4.69) is 0 Å². The van der Waals surface area contributed by atoms with Crippen LogP contribution in [-0.4, -0.2) is 44.2 Å². The topological polar surface area (TPSA) is 48.0 Å². The number of amides is 1. The van der Waals surface area contributed by atoms with Crippen LogP contribution in [-0.2, 0) is 4.79 Å². The maximum atomic E-state index is 12.4. The molecule has 2 aromatic carbocycles. The quantitative estimate of drug-likeness (QED) is 0.738. The standard InChI is InChI=1S/C20H25NO4/c1-15-7-5-6-8-19(15)24-14-13-21(3)20(22)16(2)25-18-11-9-17(23-4)10-12-18/h5-12,16H,13-14H2,1-4H3. The van der Waals surface area contributed by atoms with E-state index in [-0.39, 0.29) is 5.91 Å². The molecule has 0 fully saturated rings. The van der Waals surface area contributed by atoms with Crippen molar-refractivity contribution in [3.05, 3.63) is 54.1 Å². The Balaban J connectivity index is 1.80. The molecule has 0 radical (unpaired) electrons. The van der Waals surface area contributed by atoms with Crippen molar-refractivity contribution in [3.63, 3.8) is 0 Å². The van der Waals surface area contributed by atoms with E-state index in [1.54, 1.807) is 50.2 Å². The third-order valence-electron chi connectivity index (χ3n) is 3.87. The summed E-state index contributed by atoms with van der Waals surface area (Å²) in [5.41, 5.74) is 1.08. The highest BCUT2D eigenvalue weighted by molar-refractivity contribution is 5.80. The Morgan fingerprint density at radius 2 is 1.72 bits per heavy atom. The molecule has 1 atom stereocenters. The maximum absolute atomic E-state index is 12.4. The van der Waals surface area contributed by atoms with Gasteiger partial charge in [-0.3, -0.25) is 4.79 Å². The van der Waals surface area contributed by atoms with Gasteiger partial charge in [-0.05, 0) is 49.7 Å². The predicted octanol–water partition coefficient (Wildman–Crippen LogP) is 3.31. The molecule has 0 spiro atoms. The summed E-state index contributed by atoms with van der Waals surface area (Å²) in [5.74, 6) is 2.12. The molecule has 1 amide bonds. The van der Waals surface area contributed by atoms with Crippen molar-refractivity contribution in [1.82, 2.24) is 4.90 Å². The summed E-state index contributed by atoms with van der Waals surface area (Å²) in [6.45, 7) is 4.66. The highest BCUT2D eigenvalue weighted by atomic mass is 16.5. The third kappa shape index (κ3) is 5.41. The first-order valence-electron chi connectivity index (χ1n) is 8.25. The van der Waals surface area contributed by atoms with Crippen molar-refractivity contribution in [2.24, 2.45) is 0 Å². The van der Waals surface area contributed by atoms with E-state index in [1.807, 2.05) is 31.2 Å². The molecule has 25 heavy (non-hydrogen) atoms. The number of methoxy groups -OCH3 is 1. The van der Waals surface area contributed by atoms with Crippen LogP contribution in [0.5, 0.6) is 17.2 Å². The van der Waals surface area contributed by atoms with Gasteiger partial charge < -0.3 is 19.1 Å². The molecule has 1 unspecified atom stereocenters. The van der Waals surface area contributed by atoms with E-state index in [9.17, 15) is 4.79 Å². The summed E-state index contributed by atoms with van der Waals surface area (Å²) in [4.78, 5) is 14.0. The smallest absolute Gasteiger partial charge is 0.263 e. The zero-order valence-electron chi connectivity index (χ0n) is 15.2. The van der Waals surface area contributed by atoms with E-state index in [4.69, 9.17) is 14.2 Å². The average molecular weight is 343 g/mol. The minimum Gasteiger partial charge on any atom is -0.497 e. The number of nitrogens with zero attached hydrogens (tertiary/aromatic N) is 1. The van der Waals surface area contributed by atoms with Gasteiger partial charge in [0.2, 0.25) is 0 Å². The van der Waals surface area contributed by atoms with Gasteiger partial charge in [0.15, 0.2) is 6.10 Å². The van der Waals surface area contributed by atoms with E-state index in [1.165, 1.54) is 0 Å². The molecule has 0 aliphatic carbocycles. The van der Waals surface area contributed by atoms with Crippen LogP contribution in [0.2, 0.25) is 0 Å². The lowest BCUT2D eigenvalue weighted by atomic mass is 10.2. The van der Waals surface area contributed by atoms with E-state index in [0.29, 0.717) is 18.9 Å². The van der Waals surface area contributed by atoms with Crippen molar-refractivity contribution in [1.29, 1.82) is 0 Å². The van der Waals surface area contributed by atoms with E-state index in [0.717, 1.165) is 17.1 Å². The normalized spacial score (nSPS) is 11.5. The molecular formula is C20H25NO4. The summed E-state index contributed by atoms with van der Waals surface area (Å²) in [6, 6.07) is 15.0. The number of carbonyl (C=O) groups excluding carboxylic acids is 1. The lowest BCUT2D eigenvalue weighted by Gasteiger charge is -2.22. The Kier molecular flexibility index (Phi) is 6.69. The number of benzene rings is 2. The SMILES string of the molecule is COc1ccc(OC(C)C(=O)N(C)CCOc2ccccc2C)cc1. The molecule has 0 aliphatic heterocycles. The highest BCUT2D eigenvalue weighted by Crippen LogP contribution is 2.19. The van der Waals surface area contributed by atoms with Gasteiger partial charge in [-0.1, -0.05) is 18.2 Å². The molecule has 5 heteroatoms. The van der Waals surface area contributed by atoms with Crippen molar-refractivity contribution in [3.8, 4) is 17.2 Å². The highest BCUT2D eigenvalue weighted by Gasteiger charge is 2.19. The molecule has 0 aliphatic rings. The average Bonchev–Trinajstić information content (AvgIpc) is 2.63. The van der Waals surface area contributed by atoms with Crippen LogP contribution in [0.4, 0.5) is 0 Å². The predicted molar refractivity (Wildman–Crippen MR) is 97.4 cm³/mol. The van der Waals surface area contributed by atoms with Crippen LogP contribution in [0.15, 0.2) is 48.5 Å². The number of para-hydroxylation sites is 1. The molecule has 0 saturated carbocycles. The largest absolute Gasteiger partial charge is 0.497 e. The number of carbonyl (C=O) groups is 1. The fourth-order valence-corrected chi connectivity index (χ4v) is 2.34. The zero-order chi connectivity index (χ0) is 18.2. The Hall–Kier alpha value is -2.69. The summed E-state index contributed by atoms with van der Waals surface area (Å²) >= 11 is 0. The molecule has 0 aromatic heterocycles. The summed E-state index contributed by atoms with van der Waals surface area (Å²) in [7, 11) is 3.35. The van der Waals surface area contributed by atoms with Crippen LogP contribution < -0.4 is 14.2 Å². The molecule has 2 rings (SSSR count). The minimum atomic E-state index is -0.572. The third-order valence-corrected chi connectivity index (χ3v) is 3.87. The van der Waals surface area contributed by atoms with Crippen LogP contribution >= 0.6 is 0 Å². The number of likely N-dealkylation sites (N-methyl/N-ethyl adjacent to an activating group) is 1. The second kappa shape index (κ2) is 8.97. The number of hydrogen-bond acceptors (Lipinski definition) is 4. The van der Waals surface area contributed by atoms with Gasteiger partial charge in [-0.15, -0.1) is 0 Å². The molecule has 5 nitrogen and oxygen atoms in total. The number of hydrogen-bond donors (Lipinski definition) is 0. The molecular weight excluding hydrogens is 318 g/mol. The first kappa shape index (κ1) is 18.6. The number of aryl methyl sites for hydroxylation is 1. The fraction of sp³-hybridized carbons (Fsp3) is 0.350. The summed E-state index contributed by atoms with van der Waals surface area (Å²) in [6.07, 6.45) is -0.572. The maximum Gasteiger partial charge on any atom is 0.263 e. The van der Waals surface area contributed by atoms with Gasteiger partial charge in [0.05, 0.1) is 13.7 Å². The first-order chi connectivity index (χ1) is 12.0. The van der Waals surface area contributed by atoms with Crippen molar-refractivity contribution < 1.29 is 19.0 Å². The van der Waals surface area contributed by atoms with Crippen LogP contribution in [0.1, 0.15) is 12.5 Å². The van der Waals surface area contributed by atoms with Gasteiger partial charge in [0.1, 0.15) is 23.9 Å². The molecule has 0 N–H and O–H groups in total. The zero-order valence-corrected chi connectivity index (χ0v) is 15.2. The second-order valence-electron chi connectivity index (χ2n) is 5.81. The van der Waals surface area contributed by atoms with Crippen molar-refractivity contribution in [2.75, 3.05) is 27.3 Å². The molecule has 0 saturated heterocycles. The van der Waals surface area contributed by atoms with Crippen molar-refractivity contribution >= 4 is 5.91 Å². The molecule has 2 aromatic rings. The van der Waals surface area contributed by atoms with Crippen LogP contribution in [0, 0.1) is 6.92 Å². The Morgan fingerprint density at radius 3 is 2.36 bits per heavy atom. The number of rotatable bonds is 8. The van der Waals surface area contributed by atoms with Crippen molar-refractivity contribution in [2.45, 2.75) is 20.0 Å². The Morgan fingerprint density at radius 1 is 1.08 bits per heavy atom. The summed E-state index contributed by atoms with van der Waals surface area (Å²) in [5, 5.41) is 0. The van der Waals surface area contributed by atoms with E-state index >= 15 is 0 Å². The molecule has 0 bridgehead atoms. The van der Waals surface area contributed by atoms with E-state index < -0.39 is 6.10 Å². The monoisotopic (exact) mass is 343 g/mol. The number of ether oxygens (including phenoxy) is 3.